The number of rotatable bonds is 5. The van der Waals surface area contributed by atoms with Crippen LogP contribution in [0.2, 0.25) is 5.02 Å². The summed E-state index contributed by atoms with van der Waals surface area (Å²) in [6.07, 6.45) is 5.01. The lowest BCUT2D eigenvalue weighted by atomic mass is 10.0. The Morgan fingerprint density at radius 3 is 2.88 bits per heavy atom. The zero-order valence-corrected chi connectivity index (χ0v) is 15.9. The maximum atomic E-state index is 12.9. The van der Waals surface area contributed by atoms with Crippen LogP contribution in [0.5, 0.6) is 0 Å². The van der Waals surface area contributed by atoms with E-state index in [0.717, 1.165) is 24.1 Å². The first kappa shape index (κ1) is 17.3. The van der Waals surface area contributed by atoms with Crippen LogP contribution in [0.3, 0.4) is 0 Å². The Morgan fingerprint density at radius 1 is 1.19 bits per heavy atom. The predicted molar refractivity (Wildman–Crippen MR) is 104 cm³/mol. The molecule has 132 valence electrons. The summed E-state index contributed by atoms with van der Waals surface area (Å²) in [4.78, 5) is 12.9. The van der Waals surface area contributed by atoms with Crippen molar-refractivity contribution in [1.82, 2.24) is 14.8 Å². The van der Waals surface area contributed by atoms with E-state index in [1.165, 1.54) is 29.3 Å². The van der Waals surface area contributed by atoms with E-state index in [0.29, 0.717) is 10.2 Å². The number of hydrogen-bond donors (Lipinski definition) is 0. The summed E-state index contributed by atoms with van der Waals surface area (Å²) in [5.41, 5.74) is 4.35. The Hall–Kier alpha value is -2.11. The smallest absolute Gasteiger partial charge is 0.196 e. The van der Waals surface area contributed by atoms with E-state index in [1.807, 2.05) is 41.8 Å². The minimum Gasteiger partial charge on any atom is -0.293 e. The lowest BCUT2D eigenvalue weighted by Crippen LogP contribution is -2.15. The standard InChI is InChI=1S/C20H18ClN3OS/c1-13(19(25)16-9-8-14-4-2-5-15(14)10-16)26-20-23-22-12-24(20)18-7-3-6-17(21)11-18/h3,6-13H,2,4-5H2,1H3. The molecular weight excluding hydrogens is 366 g/mol. The Labute approximate surface area is 161 Å². The molecule has 0 radical (unpaired) electrons. The zero-order chi connectivity index (χ0) is 18.1. The molecule has 3 aromatic rings. The molecule has 4 rings (SSSR count). The van der Waals surface area contributed by atoms with Gasteiger partial charge in [-0.3, -0.25) is 9.36 Å². The number of fused-ring (bicyclic) bond motifs is 1. The molecule has 0 amide bonds. The van der Waals surface area contributed by atoms with Gasteiger partial charge in [0.2, 0.25) is 0 Å². The van der Waals surface area contributed by atoms with E-state index in [2.05, 4.69) is 22.3 Å². The van der Waals surface area contributed by atoms with Crippen LogP contribution in [0.1, 0.15) is 34.8 Å². The topological polar surface area (TPSA) is 47.8 Å². The molecule has 26 heavy (non-hydrogen) atoms. The summed E-state index contributed by atoms with van der Waals surface area (Å²) in [5.74, 6) is 0.116. The van der Waals surface area contributed by atoms with Gasteiger partial charge in [0.15, 0.2) is 10.9 Å². The predicted octanol–water partition coefficient (Wildman–Crippen LogP) is 4.77. The Balaban J connectivity index is 1.54. The molecule has 1 unspecified atom stereocenters. The fourth-order valence-corrected chi connectivity index (χ4v) is 4.38. The van der Waals surface area contributed by atoms with Crippen LogP contribution in [0.25, 0.3) is 5.69 Å². The van der Waals surface area contributed by atoms with E-state index in [4.69, 9.17) is 11.6 Å². The molecule has 0 aliphatic heterocycles. The molecule has 1 aliphatic rings. The molecule has 0 N–H and O–H groups in total. The van der Waals surface area contributed by atoms with Crippen LogP contribution in [0.4, 0.5) is 0 Å². The van der Waals surface area contributed by atoms with Gasteiger partial charge in [-0.05, 0) is 61.6 Å². The summed E-state index contributed by atoms with van der Waals surface area (Å²) in [6, 6.07) is 13.6. The highest BCUT2D eigenvalue weighted by Gasteiger charge is 2.21. The van der Waals surface area contributed by atoms with E-state index in [9.17, 15) is 4.79 Å². The van der Waals surface area contributed by atoms with Gasteiger partial charge in [0.05, 0.1) is 10.9 Å². The second-order valence-corrected chi connectivity index (χ2v) is 8.17. The number of ketones is 1. The monoisotopic (exact) mass is 383 g/mol. The van der Waals surface area contributed by atoms with E-state index in [1.54, 1.807) is 6.33 Å². The first-order chi connectivity index (χ1) is 12.6. The van der Waals surface area contributed by atoms with Gasteiger partial charge in [-0.25, -0.2) is 0 Å². The minimum atomic E-state index is -0.253. The highest BCUT2D eigenvalue weighted by atomic mass is 35.5. The fraction of sp³-hybridized carbons (Fsp3) is 0.250. The van der Waals surface area contributed by atoms with Gasteiger partial charge in [-0.15, -0.1) is 10.2 Å². The molecule has 1 heterocycles. The highest BCUT2D eigenvalue weighted by molar-refractivity contribution is 8.00. The molecule has 1 atom stereocenters. The van der Waals surface area contributed by atoms with Gasteiger partial charge >= 0.3 is 0 Å². The van der Waals surface area contributed by atoms with Crippen molar-refractivity contribution in [2.75, 3.05) is 0 Å². The number of hydrogen-bond acceptors (Lipinski definition) is 4. The molecule has 0 spiro atoms. The average Bonchev–Trinajstić information content (AvgIpc) is 3.29. The van der Waals surface area contributed by atoms with Crippen LogP contribution >= 0.6 is 23.4 Å². The molecule has 2 aromatic carbocycles. The van der Waals surface area contributed by atoms with Crippen LogP contribution in [0.15, 0.2) is 53.9 Å². The number of aryl methyl sites for hydroxylation is 2. The second-order valence-electron chi connectivity index (χ2n) is 6.42. The van der Waals surface area contributed by atoms with Crippen LogP contribution in [-0.4, -0.2) is 25.8 Å². The third-order valence-corrected chi connectivity index (χ3v) is 5.93. The van der Waals surface area contributed by atoms with Gasteiger partial charge in [-0.2, -0.15) is 0 Å². The molecule has 6 heteroatoms. The fourth-order valence-electron chi connectivity index (χ4n) is 3.28. The summed E-state index contributed by atoms with van der Waals surface area (Å²) in [6.45, 7) is 1.91. The zero-order valence-electron chi connectivity index (χ0n) is 14.4. The highest BCUT2D eigenvalue weighted by Crippen LogP contribution is 2.29. The molecule has 4 nitrogen and oxygen atoms in total. The number of nitrogens with zero attached hydrogens (tertiary/aromatic N) is 3. The summed E-state index contributed by atoms with van der Waals surface area (Å²) in [5, 5.41) is 9.24. The van der Waals surface area contributed by atoms with Gasteiger partial charge in [-0.1, -0.05) is 41.6 Å². The minimum absolute atomic E-state index is 0.116. The van der Waals surface area contributed by atoms with Gasteiger partial charge < -0.3 is 0 Å². The van der Waals surface area contributed by atoms with Crippen molar-refractivity contribution in [3.05, 3.63) is 70.5 Å². The molecule has 0 bridgehead atoms. The normalized spacial score (nSPS) is 14.2. The molecular formula is C20H18ClN3OS. The number of aromatic nitrogens is 3. The SMILES string of the molecule is CC(Sc1nncn1-c1cccc(Cl)c1)C(=O)c1ccc2c(c1)CCC2. The molecule has 1 aliphatic carbocycles. The van der Waals surface area contributed by atoms with Crippen LogP contribution < -0.4 is 0 Å². The number of Topliss-reactive ketones (excluding diaryl/α,β-unsaturated/α-hetero) is 1. The van der Waals surface area contributed by atoms with Crippen molar-refractivity contribution in [2.45, 2.75) is 36.6 Å². The summed E-state index contributed by atoms with van der Waals surface area (Å²) in [7, 11) is 0. The van der Waals surface area contributed by atoms with E-state index >= 15 is 0 Å². The maximum Gasteiger partial charge on any atom is 0.196 e. The third kappa shape index (κ3) is 3.41. The first-order valence-electron chi connectivity index (χ1n) is 8.60. The van der Waals surface area contributed by atoms with Crippen molar-refractivity contribution in [1.29, 1.82) is 0 Å². The van der Waals surface area contributed by atoms with Crippen LogP contribution in [0, 0.1) is 0 Å². The second kappa shape index (κ2) is 7.25. The lowest BCUT2D eigenvalue weighted by Gasteiger charge is -2.12. The van der Waals surface area contributed by atoms with Crippen molar-refractivity contribution in [3.63, 3.8) is 0 Å². The molecule has 0 saturated carbocycles. The average molecular weight is 384 g/mol. The maximum absolute atomic E-state index is 12.9. The number of carbonyl (C=O) groups is 1. The summed E-state index contributed by atoms with van der Waals surface area (Å²) < 4.78 is 1.85. The van der Waals surface area contributed by atoms with Crippen molar-refractivity contribution >= 4 is 29.1 Å². The van der Waals surface area contributed by atoms with Gasteiger partial charge in [0.1, 0.15) is 6.33 Å². The van der Waals surface area contributed by atoms with Crippen LogP contribution in [-0.2, 0) is 12.8 Å². The number of halogens is 1. The van der Waals surface area contributed by atoms with Gasteiger partial charge in [0, 0.05) is 10.6 Å². The molecule has 0 fully saturated rings. The summed E-state index contributed by atoms with van der Waals surface area (Å²) >= 11 is 7.49. The Bertz CT molecular complexity index is 969. The van der Waals surface area contributed by atoms with E-state index < -0.39 is 0 Å². The van der Waals surface area contributed by atoms with Crippen molar-refractivity contribution in [3.8, 4) is 5.69 Å². The number of thioether (sulfide) groups is 1. The van der Waals surface area contributed by atoms with Crippen molar-refractivity contribution in [2.24, 2.45) is 0 Å². The number of benzene rings is 2. The van der Waals surface area contributed by atoms with Crippen molar-refractivity contribution < 1.29 is 4.79 Å². The quantitative estimate of drug-likeness (QED) is 0.470. The Kier molecular flexibility index (Phi) is 4.83. The Morgan fingerprint density at radius 2 is 2.04 bits per heavy atom. The first-order valence-corrected chi connectivity index (χ1v) is 9.86. The van der Waals surface area contributed by atoms with Gasteiger partial charge in [0.25, 0.3) is 0 Å². The lowest BCUT2D eigenvalue weighted by molar-refractivity contribution is 0.0993. The largest absolute Gasteiger partial charge is 0.293 e. The number of carbonyl (C=O) groups excluding carboxylic acids is 1. The molecule has 1 aromatic heterocycles. The molecule has 0 saturated heterocycles. The third-order valence-electron chi connectivity index (χ3n) is 4.64. The van der Waals surface area contributed by atoms with E-state index in [-0.39, 0.29) is 11.0 Å².